The van der Waals surface area contributed by atoms with E-state index in [1.54, 1.807) is 0 Å². The highest BCUT2D eigenvalue weighted by molar-refractivity contribution is 7.92. The van der Waals surface area contributed by atoms with Gasteiger partial charge in [-0.05, 0) is 31.9 Å². The first-order valence-corrected chi connectivity index (χ1v) is 8.32. The lowest BCUT2D eigenvalue weighted by Crippen LogP contribution is -2.17. The van der Waals surface area contributed by atoms with Gasteiger partial charge in [-0.15, -0.1) is 0 Å². The highest BCUT2D eigenvalue weighted by Crippen LogP contribution is 2.28. The molecule has 1 aromatic carbocycles. The second-order valence-electron chi connectivity index (χ2n) is 5.11. The average Bonchev–Trinajstić information content (AvgIpc) is 2.50. The Morgan fingerprint density at radius 1 is 1.04 bits per heavy atom. The lowest BCUT2D eigenvalue weighted by molar-refractivity contribution is 0.344. The fourth-order valence-electron chi connectivity index (χ4n) is 2.30. The number of anilines is 1. The van der Waals surface area contributed by atoms with Crippen molar-refractivity contribution in [3.05, 3.63) is 35.0 Å². The summed E-state index contributed by atoms with van der Waals surface area (Å²) in [5.41, 5.74) is 3.26. The summed E-state index contributed by atoms with van der Waals surface area (Å²) in [5.74, 6) is -0.0771. The first-order valence-electron chi connectivity index (χ1n) is 6.84. The maximum atomic E-state index is 12.7. The molecule has 0 fully saturated rings. The molecule has 8 heteroatoms. The molecule has 0 atom stereocenters. The van der Waals surface area contributed by atoms with Crippen LogP contribution in [0.2, 0.25) is 0 Å². The van der Waals surface area contributed by atoms with Crippen molar-refractivity contribution < 1.29 is 17.9 Å². The maximum absolute atomic E-state index is 12.7. The van der Waals surface area contributed by atoms with E-state index >= 15 is 0 Å². The van der Waals surface area contributed by atoms with E-state index in [9.17, 15) is 8.42 Å². The van der Waals surface area contributed by atoms with Crippen molar-refractivity contribution in [2.24, 2.45) is 0 Å². The number of benzene rings is 1. The van der Waals surface area contributed by atoms with Crippen LogP contribution >= 0.6 is 0 Å². The fourth-order valence-corrected chi connectivity index (χ4v) is 3.55. The van der Waals surface area contributed by atoms with Gasteiger partial charge in [-0.3, -0.25) is 4.72 Å². The van der Waals surface area contributed by atoms with Gasteiger partial charge in [0, 0.05) is 0 Å². The van der Waals surface area contributed by atoms with Gasteiger partial charge in [0.2, 0.25) is 5.88 Å². The number of ether oxygens (including phenoxy) is 2. The lowest BCUT2D eigenvalue weighted by atomic mass is 10.1. The molecule has 2 rings (SSSR count). The summed E-state index contributed by atoms with van der Waals surface area (Å²) in [7, 11) is -1.17. The molecule has 0 unspecified atom stereocenters. The van der Waals surface area contributed by atoms with Crippen molar-refractivity contribution in [2.75, 3.05) is 18.9 Å². The van der Waals surface area contributed by atoms with Gasteiger partial charge in [-0.1, -0.05) is 17.7 Å². The van der Waals surface area contributed by atoms with Crippen molar-refractivity contribution >= 4 is 15.7 Å². The Balaban J connectivity index is 2.48. The van der Waals surface area contributed by atoms with Crippen LogP contribution in [-0.2, 0) is 10.0 Å². The number of hydrogen-bond acceptors (Lipinski definition) is 6. The van der Waals surface area contributed by atoms with E-state index in [4.69, 9.17) is 9.47 Å². The highest BCUT2D eigenvalue weighted by Gasteiger charge is 2.24. The van der Waals surface area contributed by atoms with Gasteiger partial charge in [0.15, 0.2) is 4.90 Å². The number of sulfonamides is 1. The Kier molecular flexibility index (Phi) is 4.74. The smallest absolute Gasteiger partial charge is 0.319 e. The zero-order valence-corrected chi connectivity index (χ0v) is 14.5. The molecule has 0 aliphatic heterocycles. The number of rotatable bonds is 5. The van der Waals surface area contributed by atoms with Crippen LogP contribution < -0.4 is 14.2 Å². The Morgan fingerprint density at radius 2 is 1.65 bits per heavy atom. The Bertz CT molecular complexity index is 812. The largest absolute Gasteiger partial charge is 0.480 e. The maximum Gasteiger partial charge on any atom is 0.319 e. The molecular weight excluding hydrogens is 318 g/mol. The number of hydrogen-bond donors (Lipinski definition) is 1. The molecule has 1 N–H and O–H groups in total. The van der Waals surface area contributed by atoms with Gasteiger partial charge in [-0.25, -0.2) is 13.4 Å². The van der Waals surface area contributed by atoms with Gasteiger partial charge in [-0.2, -0.15) is 4.98 Å². The highest BCUT2D eigenvalue weighted by atomic mass is 32.2. The van der Waals surface area contributed by atoms with Crippen molar-refractivity contribution in [1.82, 2.24) is 9.97 Å². The number of nitrogens with zero attached hydrogens (tertiary/aromatic N) is 2. The summed E-state index contributed by atoms with van der Waals surface area (Å²) in [4.78, 5) is 7.59. The molecule has 7 nitrogen and oxygen atoms in total. The SMILES string of the molecule is COc1ncc(S(=O)(=O)Nc2c(C)cc(C)cc2C)c(OC)n1. The minimum Gasteiger partial charge on any atom is -0.480 e. The predicted octanol–water partition coefficient (Wildman–Crippen LogP) is 2.22. The quantitative estimate of drug-likeness (QED) is 0.899. The molecule has 2 aromatic rings. The third-order valence-electron chi connectivity index (χ3n) is 3.28. The van der Waals surface area contributed by atoms with E-state index in [1.807, 2.05) is 32.9 Å². The minimum absolute atomic E-state index is 0.0310. The lowest BCUT2D eigenvalue weighted by Gasteiger charge is -2.15. The molecule has 0 amide bonds. The first-order chi connectivity index (χ1) is 10.8. The number of nitrogens with one attached hydrogen (secondary N) is 1. The topological polar surface area (TPSA) is 90.4 Å². The van der Waals surface area contributed by atoms with Gasteiger partial charge < -0.3 is 9.47 Å². The molecule has 1 aromatic heterocycles. The molecule has 0 saturated carbocycles. The fraction of sp³-hybridized carbons (Fsp3) is 0.333. The molecular formula is C15H19N3O4S. The predicted molar refractivity (Wildman–Crippen MR) is 86.6 cm³/mol. The van der Waals surface area contributed by atoms with Crippen LogP contribution in [0.1, 0.15) is 16.7 Å². The third-order valence-corrected chi connectivity index (χ3v) is 4.61. The molecule has 1 heterocycles. The summed E-state index contributed by atoms with van der Waals surface area (Å²) in [6, 6.07) is 3.85. The monoisotopic (exact) mass is 337 g/mol. The summed E-state index contributed by atoms with van der Waals surface area (Å²) in [6.45, 7) is 5.65. The van der Waals surface area contributed by atoms with Crippen molar-refractivity contribution in [3.8, 4) is 11.9 Å². The summed E-state index contributed by atoms with van der Waals surface area (Å²) >= 11 is 0. The average molecular weight is 337 g/mol. The van der Waals surface area contributed by atoms with Gasteiger partial charge in [0.25, 0.3) is 10.0 Å². The molecule has 124 valence electrons. The van der Waals surface area contributed by atoms with Crippen LogP contribution in [0.25, 0.3) is 0 Å². The Morgan fingerprint density at radius 3 is 2.17 bits per heavy atom. The molecule has 0 radical (unpaired) electrons. The van der Waals surface area contributed by atoms with Gasteiger partial charge in [0.1, 0.15) is 0 Å². The molecule has 0 aliphatic rings. The van der Waals surface area contributed by atoms with Gasteiger partial charge in [0.05, 0.1) is 26.1 Å². The van der Waals surface area contributed by atoms with Crippen LogP contribution in [-0.4, -0.2) is 32.6 Å². The molecule has 23 heavy (non-hydrogen) atoms. The summed E-state index contributed by atoms with van der Waals surface area (Å²) in [6.07, 6.45) is 1.16. The standard InChI is InChI=1S/C15H19N3O4S/c1-9-6-10(2)13(11(3)7-9)18-23(19,20)12-8-16-15(22-5)17-14(12)21-4/h6-8,18H,1-5H3. The van der Waals surface area contributed by atoms with E-state index in [2.05, 4.69) is 14.7 Å². The zero-order chi connectivity index (χ0) is 17.2. The van der Waals surface area contributed by atoms with E-state index in [0.29, 0.717) is 5.69 Å². The number of aryl methyl sites for hydroxylation is 3. The van der Waals surface area contributed by atoms with Crippen LogP contribution in [0.5, 0.6) is 11.9 Å². The van der Waals surface area contributed by atoms with E-state index < -0.39 is 10.0 Å². The van der Waals surface area contributed by atoms with Gasteiger partial charge >= 0.3 is 6.01 Å². The first kappa shape index (κ1) is 17.0. The summed E-state index contributed by atoms with van der Waals surface area (Å²) in [5, 5.41) is 0. The van der Waals surface area contributed by atoms with E-state index in [1.165, 1.54) is 14.2 Å². The van der Waals surface area contributed by atoms with Crippen LogP contribution in [0.3, 0.4) is 0 Å². The Labute approximate surface area is 135 Å². The molecule has 0 aliphatic carbocycles. The number of methoxy groups -OCH3 is 2. The number of aromatic nitrogens is 2. The van der Waals surface area contributed by atoms with Crippen molar-refractivity contribution in [2.45, 2.75) is 25.7 Å². The zero-order valence-electron chi connectivity index (χ0n) is 13.7. The molecule has 0 saturated heterocycles. The van der Waals surface area contributed by atoms with E-state index in [-0.39, 0.29) is 16.8 Å². The van der Waals surface area contributed by atoms with Crippen molar-refractivity contribution in [1.29, 1.82) is 0 Å². The summed E-state index contributed by atoms with van der Waals surface area (Å²) < 4.78 is 37.8. The van der Waals surface area contributed by atoms with Crippen LogP contribution in [0.4, 0.5) is 5.69 Å². The second-order valence-corrected chi connectivity index (χ2v) is 6.76. The van der Waals surface area contributed by atoms with Crippen LogP contribution in [0, 0.1) is 20.8 Å². The molecule has 0 bridgehead atoms. The van der Waals surface area contributed by atoms with Crippen LogP contribution in [0.15, 0.2) is 23.2 Å². The Hall–Kier alpha value is -2.35. The second kappa shape index (κ2) is 6.41. The normalized spacial score (nSPS) is 11.2. The third kappa shape index (κ3) is 3.53. The van der Waals surface area contributed by atoms with Crippen molar-refractivity contribution in [3.63, 3.8) is 0 Å². The minimum atomic E-state index is -3.89. The molecule has 0 spiro atoms. The van der Waals surface area contributed by atoms with E-state index in [0.717, 1.165) is 22.9 Å².